The molecule has 1 aliphatic rings. The van der Waals surface area contributed by atoms with Gasteiger partial charge in [-0.1, -0.05) is 13.8 Å². The van der Waals surface area contributed by atoms with Crippen LogP contribution in [0.5, 0.6) is 0 Å². The molecule has 1 unspecified atom stereocenters. The van der Waals surface area contributed by atoms with E-state index in [-0.39, 0.29) is 11.8 Å². The van der Waals surface area contributed by atoms with Crippen LogP contribution in [0.15, 0.2) is 0 Å². The molecule has 0 bridgehead atoms. The highest BCUT2D eigenvalue weighted by Crippen LogP contribution is 2.22. The van der Waals surface area contributed by atoms with Crippen molar-refractivity contribution in [1.29, 1.82) is 0 Å². The Kier molecular flexibility index (Phi) is 5.97. The Morgan fingerprint density at radius 1 is 1.32 bits per heavy atom. The molecule has 1 heterocycles. The van der Waals surface area contributed by atoms with E-state index in [9.17, 15) is 13.8 Å². The lowest BCUT2D eigenvalue weighted by atomic mass is 9.91. The molecule has 19 heavy (non-hydrogen) atoms. The second-order valence-corrected chi connectivity index (χ2v) is 6.57. The van der Waals surface area contributed by atoms with E-state index in [1.54, 1.807) is 11.2 Å². The van der Waals surface area contributed by atoms with Gasteiger partial charge in [-0.05, 0) is 19.3 Å². The van der Waals surface area contributed by atoms with Crippen molar-refractivity contribution in [3.63, 3.8) is 0 Å². The Labute approximate surface area is 117 Å². The standard InChI is InChI=1S/C13H24N2O3S/c1-4-13(5-2)12(17)15(8-6-10-19(3)18)9-7-11(16)14-13/h4-10H2,1-3H3,(H,14,16). The van der Waals surface area contributed by atoms with Crippen LogP contribution in [0.2, 0.25) is 0 Å². The van der Waals surface area contributed by atoms with Crippen molar-refractivity contribution in [2.24, 2.45) is 0 Å². The van der Waals surface area contributed by atoms with Crippen LogP contribution in [0.1, 0.15) is 39.5 Å². The number of hydrogen-bond donors (Lipinski definition) is 1. The molecule has 6 heteroatoms. The Morgan fingerprint density at radius 3 is 2.47 bits per heavy atom. The minimum absolute atomic E-state index is 0.00485. The van der Waals surface area contributed by atoms with E-state index in [0.29, 0.717) is 44.5 Å². The van der Waals surface area contributed by atoms with Crippen molar-refractivity contribution in [2.45, 2.75) is 45.1 Å². The summed E-state index contributed by atoms with van der Waals surface area (Å²) in [6.45, 7) is 4.89. The number of hydrogen-bond acceptors (Lipinski definition) is 3. The molecular formula is C13H24N2O3S. The summed E-state index contributed by atoms with van der Waals surface area (Å²) in [5.41, 5.74) is -0.751. The molecule has 1 atom stereocenters. The van der Waals surface area contributed by atoms with Crippen molar-refractivity contribution in [3.8, 4) is 0 Å². The zero-order valence-electron chi connectivity index (χ0n) is 12.0. The van der Waals surface area contributed by atoms with Gasteiger partial charge in [-0.15, -0.1) is 0 Å². The third kappa shape index (κ3) is 4.03. The van der Waals surface area contributed by atoms with Crippen LogP contribution in [0.4, 0.5) is 0 Å². The van der Waals surface area contributed by atoms with Crippen molar-refractivity contribution in [2.75, 3.05) is 25.1 Å². The number of amides is 2. The lowest BCUT2D eigenvalue weighted by Crippen LogP contribution is -2.56. The molecule has 0 aliphatic carbocycles. The summed E-state index contributed by atoms with van der Waals surface area (Å²) in [6.07, 6.45) is 3.93. The smallest absolute Gasteiger partial charge is 0.248 e. The number of carbonyl (C=O) groups is 2. The molecule has 1 aliphatic heterocycles. The van der Waals surface area contributed by atoms with Gasteiger partial charge in [0.1, 0.15) is 5.54 Å². The molecule has 1 rings (SSSR count). The molecule has 1 saturated heterocycles. The highest BCUT2D eigenvalue weighted by Gasteiger charge is 2.41. The molecule has 0 spiro atoms. The first-order valence-corrected chi connectivity index (χ1v) is 8.58. The first-order chi connectivity index (χ1) is 8.95. The summed E-state index contributed by atoms with van der Waals surface area (Å²) < 4.78 is 11.1. The summed E-state index contributed by atoms with van der Waals surface area (Å²) in [5.74, 6) is 0.542. The van der Waals surface area contributed by atoms with Gasteiger partial charge in [0, 0.05) is 42.3 Å². The molecule has 0 aromatic heterocycles. The average molecular weight is 288 g/mol. The zero-order chi connectivity index (χ0) is 14.5. The Hall–Kier alpha value is -0.910. The Bertz CT molecular complexity index is 367. The maximum Gasteiger partial charge on any atom is 0.248 e. The molecule has 0 aromatic rings. The first-order valence-electron chi connectivity index (χ1n) is 6.85. The van der Waals surface area contributed by atoms with E-state index in [2.05, 4.69) is 5.32 Å². The minimum atomic E-state index is -0.836. The van der Waals surface area contributed by atoms with E-state index in [0.717, 1.165) is 0 Å². The quantitative estimate of drug-likeness (QED) is 0.781. The largest absolute Gasteiger partial charge is 0.342 e. The minimum Gasteiger partial charge on any atom is -0.342 e. The van der Waals surface area contributed by atoms with E-state index in [1.165, 1.54) is 0 Å². The number of nitrogens with zero attached hydrogens (tertiary/aromatic N) is 1. The maximum absolute atomic E-state index is 12.6. The van der Waals surface area contributed by atoms with Crippen LogP contribution in [0.25, 0.3) is 0 Å². The molecule has 5 nitrogen and oxygen atoms in total. The molecule has 1 fully saturated rings. The van der Waals surface area contributed by atoms with Crippen LogP contribution in [0.3, 0.4) is 0 Å². The highest BCUT2D eigenvalue weighted by molar-refractivity contribution is 7.84. The molecule has 1 N–H and O–H groups in total. The van der Waals surface area contributed by atoms with Crippen molar-refractivity contribution < 1.29 is 13.8 Å². The van der Waals surface area contributed by atoms with Gasteiger partial charge >= 0.3 is 0 Å². The van der Waals surface area contributed by atoms with Crippen molar-refractivity contribution in [3.05, 3.63) is 0 Å². The fourth-order valence-electron chi connectivity index (χ4n) is 2.42. The van der Waals surface area contributed by atoms with Gasteiger partial charge in [0.15, 0.2) is 0 Å². The number of carbonyl (C=O) groups excluding carboxylic acids is 2. The summed E-state index contributed by atoms with van der Waals surface area (Å²) in [7, 11) is -0.836. The van der Waals surface area contributed by atoms with E-state index < -0.39 is 16.3 Å². The summed E-state index contributed by atoms with van der Waals surface area (Å²) in [6, 6.07) is 0. The zero-order valence-corrected chi connectivity index (χ0v) is 12.8. The van der Waals surface area contributed by atoms with Crippen LogP contribution < -0.4 is 5.32 Å². The molecule has 110 valence electrons. The monoisotopic (exact) mass is 288 g/mol. The van der Waals surface area contributed by atoms with Crippen LogP contribution in [0, 0.1) is 0 Å². The van der Waals surface area contributed by atoms with Gasteiger partial charge in [-0.25, -0.2) is 0 Å². The van der Waals surface area contributed by atoms with Crippen molar-refractivity contribution in [1.82, 2.24) is 10.2 Å². The number of nitrogens with one attached hydrogen (secondary N) is 1. The topological polar surface area (TPSA) is 66.5 Å². The second-order valence-electron chi connectivity index (χ2n) is 5.01. The molecule has 0 aromatic carbocycles. The maximum atomic E-state index is 12.6. The number of rotatable bonds is 6. The van der Waals surface area contributed by atoms with Crippen LogP contribution in [-0.2, 0) is 20.4 Å². The predicted octanol–water partition coefficient (Wildman–Crippen LogP) is 0.662. The fourth-order valence-corrected chi connectivity index (χ4v) is 2.96. The summed E-state index contributed by atoms with van der Waals surface area (Å²) in [4.78, 5) is 26.1. The van der Waals surface area contributed by atoms with Gasteiger partial charge in [0.25, 0.3) is 0 Å². The van der Waals surface area contributed by atoms with Crippen molar-refractivity contribution >= 4 is 22.6 Å². The molecule has 0 saturated carbocycles. The Balaban J connectivity index is 2.78. The van der Waals surface area contributed by atoms with E-state index >= 15 is 0 Å². The Morgan fingerprint density at radius 2 is 1.95 bits per heavy atom. The van der Waals surface area contributed by atoms with Gasteiger partial charge in [0.2, 0.25) is 11.8 Å². The summed E-state index contributed by atoms with van der Waals surface area (Å²) >= 11 is 0. The predicted molar refractivity (Wildman–Crippen MR) is 76.2 cm³/mol. The van der Waals surface area contributed by atoms with Gasteiger partial charge in [-0.2, -0.15) is 0 Å². The SMILES string of the molecule is CCC1(CC)NC(=O)CCN(CCCS(C)=O)C1=O. The van der Waals surface area contributed by atoms with Crippen LogP contribution in [-0.4, -0.2) is 51.6 Å². The lowest BCUT2D eigenvalue weighted by Gasteiger charge is -2.33. The highest BCUT2D eigenvalue weighted by atomic mass is 32.2. The lowest BCUT2D eigenvalue weighted by molar-refractivity contribution is -0.139. The van der Waals surface area contributed by atoms with Gasteiger partial charge in [-0.3, -0.25) is 13.8 Å². The van der Waals surface area contributed by atoms with Gasteiger partial charge < -0.3 is 10.2 Å². The normalized spacial score (nSPS) is 20.9. The van der Waals surface area contributed by atoms with E-state index in [4.69, 9.17) is 0 Å². The third-order valence-electron chi connectivity index (χ3n) is 3.75. The first kappa shape index (κ1) is 16.1. The second kappa shape index (κ2) is 7.03. The molecule has 2 amide bonds. The van der Waals surface area contributed by atoms with Crippen LogP contribution >= 0.6 is 0 Å². The van der Waals surface area contributed by atoms with Gasteiger partial charge in [0.05, 0.1) is 0 Å². The summed E-state index contributed by atoms with van der Waals surface area (Å²) in [5, 5.41) is 2.88. The average Bonchev–Trinajstić information content (AvgIpc) is 2.49. The molecular weight excluding hydrogens is 264 g/mol. The third-order valence-corrected chi connectivity index (χ3v) is 4.61. The van der Waals surface area contributed by atoms with E-state index in [1.807, 2.05) is 13.8 Å². The molecule has 0 radical (unpaired) electrons. The fraction of sp³-hybridized carbons (Fsp3) is 0.846.